The number of nitrogens with zero attached hydrogens (tertiary/aromatic N) is 3. The third-order valence-corrected chi connectivity index (χ3v) is 3.22. The van der Waals surface area contributed by atoms with Crippen LogP contribution in [-0.4, -0.2) is 9.78 Å². The topological polar surface area (TPSA) is 67.6 Å². The van der Waals surface area contributed by atoms with Crippen molar-refractivity contribution < 1.29 is 4.39 Å². The molecule has 0 aliphatic carbocycles. The lowest BCUT2D eigenvalue weighted by Crippen LogP contribution is -2.05. The van der Waals surface area contributed by atoms with Crippen molar-refractivity contribution in [2.24, 2.45) is 0 Å². The van der Waals surface area contributed by atoms with E-state index in [4.69, 9.17) is 5.73 Å². The van der Waals surface area contributed by atoms with Crippen LogP contribution >= 0.6 is 0 Å². The number of halogens is 1. The van der Waals surface area contributed by atoms with Crippen molar-refractivity contribution in [1.82, 2.24) is 9.78 Å². The number of benzene rings is 1. The molecular weight excluding hydrogens is 255 g/mol. The van der Waals surface area contributed by atoms with Gasteiger partial charge < -0.3 is 5.73 Å². The van der Waals surface area contributed by atoms with E-state index in [9.17, 15) is 9.65 Å². The van der Waals surface area contributed by atoms with Crippen LogP contribution in [0.25, 0.3) is 0 Å². The Kier molecular flexibility index (Phi) is 4.36. The van der Waals surface area contributed by atoms with Crippen molar-refractivity contribution >= 4 is 5.82 Å². The molecule has 0 unspecified atom stereocenters. The van der Waals surface area contributed by atoms with Crippen LogP contribution in [0.15, 0.2) is 24.3 Å². The van der Waals surface area contributed by atoms with Crippen molar-refractivity contribution in [2.75, 3.05) is 5.73 Å². The number of nitrogen functional groups attached to an aromatic ring is 1. The summed E-state index contributed by atoms with van der Waals surface area (Å²) in [6.07, 6.45) is 2.23. The monoisotopic (exact) mass is 272 g/mol. The zero-order valence-corrected chi connectivity index (χ0v) is 11.4. The molecule has 0 atom stereocenters. The first kappa shape index (κ1) is 14.1. The molecule has 0 fully saturated rings. The van der Waals surface area contributed by atoms with E-state index in [1.807, 2.05) is 0 Å². The zero-order chi connectivity index (χ0) is 14.5. The van der Waals surface area contributed by atoms with Gasteiger partial charge in [0.05, 0.1) is 5.69 Å². The van der Waals surface area contributed by atoms with Crippen molar-refractivity contribution in [2.45, 2.75) is 32.7 Å². The molecule has 0 bridgehead atoms. The summed E-state index contributed by atoms with van der Waals surface area (Å²) in [7, 11) is 0. The van der Waals surface area contributed by atoms with Gasteiger partial charge in [-0.3, -0.25) is 0 Å². The summed E-state index contributed by atoms with van der Waals surface area (Å²) in [6.45, 7) is 2.75. The van der Waals surface area contributed by atoms with E-state index in [1.54, 1.807) is 22.9 Å². The number of nitriles is 1. The summed E-state index contributed by atoms with van der Waals surface area (Å²) in [4.78, 5) is 0. The smallest absolute Gasteiger partial charge is 0.140 e. The Morgan fingerprint density at radius 2 is 2.15 bits per heavy atom. The molecule has 0 aliphatic rings. The van der Waals surface area contributed by atoms with Gasteiger partial charge in [-0.15, -0.1) is 0 Å². The third-order valence-electron chi connectivity index (χ3n) is 3.22. The first-order valence-corrected chi connectivity index (χ1v) is 6.66. The van der Waals surface area contributed by atoms with Gasteiger partial charge in [-0.05, 0) is 18.1 Å². The molecule has 2 N–H and O–H groups in total. The van der Waals surface area contributed by atoms with E-state index in [2.05, 4.69) is 18.1 Å². The lowest BCUT2D eigenvalue weighted by atomic mass is 10.1. The Morgan fingerprint density at radius 1 is 1.40 bits per heavy atom. The SMILES string of the molecule is CCCCn1nc(Cc2ccccc2F)c(C#N)c1N. The highest BCUT2D eigenvalue weighted by atomic mass is 19.1. The van der Waals surface area contributed by atoms with Crippen LogP contribution in [0.3, 0.4) is 0 Å². The molecular formula is C15H17FN4. The van der Waals surface area contributed by atoms with E-state index in [0.29, 0.717) is 29.2 Å². The average molecular weight is 272 g/mol. The average Bonchev–Trinajstić information content (AvgIpc) is 2.74. The summed E-state index contributed by atoms with van der Waals surface area (Å²) in [5, 5.41) is 13.6. The normalized spacial score (nSPS) is 10.4. The maximum atomic E-state index is 13.7. The van der Waals surface area contributed by atoms with Crippen molar-refractivity contribution in [3.05, 3.63) is 46.9 Å². The maximum absolute atomic E-state index is 13.7. The van der Waals surface area contributed by atoms with Crippen LogP contribution in [0.4, 0.5) is 10.2 Å². The zero-order valence-electron chi connectivity index (χ0n) is 11.4. The molecule has 0 radical (unpaired) electrons. The summed E-state index contributed by atoms with van der Waals surface area (Å²) in [6, 6.07) is 8.57. The second-order valence-corrected chi connectivity index (χ2v) is 4.66. The maximum Gasteiger partial charge on any atom is 0.140 e. The highest BCUT2D eigenvalue weighted by molar-refractivity contribution is 5.53. The molecule has 1 heterocycles. The Labute approximate surface area is 117 Å². The van der Waals surface area contributed by atoms with E-state index >= 15 is 0 Å². The van der Waals surface area contributed by atoms with E-state index in [-0.39, 0.29) is 12.2 Å². The lowest BCUT2D eigenvalue weighted by molar-refractivity contribution is 0.571. The highest BCUT2D eigenvalue weighted by Gasteiger charge is 2.16. The fourth-order valence-corrected chi connectivity index (χ4v) is 2.07. The van der Waals surface area contributed by atoms with Gasteiger partial charge >= 0.3 is 0 Å². The largest absolute Gasteiger partial charge is 0.383 e. The van der Waals surface area contributed by atoms with E-state index in [0.717, 1.165) is 12.8 Å². The molecule has 0 aliphatic heterocycles. The summed E-state index contributed by atoms with van der Waals surface area (Å²) < 4.78 is 15.3. The van der Waals surface area contributed by atoms with Crippen molar-refractivity contribution in [3.8, 4) is 6.07 Å². The van der Waals surface area contributed by atoms with Gasteiger partial charge in [0.25, 0.3) is 0 Å². The first-order chi connectivity index (χ1) is 9.67. The standard InChI is InChI=1S/C15H17FN4/c1-2-3-8-20-15(18)12(10-17)14(19-20)9-11-6-4-5-7-13(11)16/h4-7H,2-3,8-9,18H2,1H3. The highest BCUT2D eigenvalue weighted by Crippen LogP contribution is 2.20. The van der Waals surface area contributed by atoms with Gasteiger partial charge in [0, 0.05) is 13.0 Å². The van der Waals surface area contributed by atoms with Crippen LogP contribution in [0.2, 0.25) is 0 Å². The summed E-state index contributed by atoms with van der Waals surface area (Å²) >= 11 is 0. The molecule has 0 amide bonds. The van der Waals surface area contributed by atoms with Gasteiger partial charge in [-0.2, -0.15) is 10.4 Å². The fourth-order valence-electron chi connectivity index (χ4n) is 2.07. The minimum absolute atomic E-state index is 0.277. The molecule has 0 saturated carbocycles. The molecule has 1 aromatic heterocycles. The van der Waals surface area contributed by atoms with E-state index in [1.165, 1.54) is 6.07 Å². The predicted octanol–water partition coefficient (Wildman–Crippen LogP) is 2.87. The van der Waals surface area contributed by atoms with E-state index < -0.39 is 0 Å². The number of aryl methyl sites for hydroxylation is 1. The minimum Gasteiger partial charge on any atom is -0.383 e. The number of nitrogens with two attached hydrogens (primary N) is 1. The first-order valence-electron chi connectivity index (χ1n) is 6.66. The Morgan fingerprint density at radius 3 is 2.80 bits per heavy atom. The van der Waals surface area contributed by atoms with Gasteiger partial charge in [-0.25, -0.2) is 9.07 Å². The molecule has 0 saturated heterocycles. The number of unbranched alkanes of at least 4 members (excludes halogenated alkanes) is 1. The Hall–Kier alpha value is -2.35. The summed E-state index contributed by atoms with van der Waals surface area (Å²) in [5.41, 5.74) is 7.33. The number of anilines is 1. The second kappa shape index (κ2) is 6.20. The summed E-state index contributed by atoms with van der Waals surface area (Å²) in [5.74, 6) is 0.0744. The molecule has 4 nitrogen and oxygen atoms in total. The fraction of sp³-hybridized carbons (Fsp3) is 0.333. The molecule has 1 aromatic carbocycles. The molecule has 20 heavy (non-hydrogen) atoms. The third kappa shape index (κ3) is 2.80. The molecule has 104 valence electrons. The Bertz CT molecular complexity index is 640. The predicted molar refractivity (Wildman–Crippen MR) is 75.5 cm³/mol. The minimum atomic E-state index is -0.293. The molecule has 0 spiro atoms. The van der Waals surface area contributed by atoms with Crippen LogP contribution in [-0.2, 0) is 13.0 Å². The molecule has 5 heteroatoms. The van der Waals surface area contributed by atoms with Crippen LogP contribution in [0.5, 0.6) is 0 Å². The molecule has 2 aromatic rings. The Balaban J connectivity index is 2.32. The van der Waals surface area contributed by atoms with Crippen LogP contribution in [0, 0.1) is 17.1 Å². The number of hydrogen-bond acceptors (Lipinski definition) is 3. The lowest BCUT2D eigenvalue weighted by Gasteiger charge is -2.01. The second-order valence-electron chi connectivity index (χ2n) is 4.66. The molecule has 2 rings (SSSR count). The van der Waals surface area contributed by atoms with Gasteiger partial charge in [0.1, 0.15) is 23.3 Å². The van der Waals surface area contributed by atoms with Crippen LogP contribution in [0.1, 0.15) is 36.6 Å². The van der Waals surface area contributed by atoms with Gasteiger partial charge in [0.2, 0.25) is 0 Å². The van der Waals surface area contributed by atoms with Crippen molar-refractivity contribution in [1.29, 1.82) is 5.26 Å². The number of rotatable bonds is 5. The quantitative estimate of drug-likeness (QED) is 0.910. The van der Waals surface area contributed by atoms with Gasteiger partial charge in [-0.1, -0.05) is 31.5 Å². The van der Waals surface area contributed by atoms with Crippen molar-refractivity contribution in [3.63, 3.8) is 0 Å². The van der Waals surface area contributed by atoms with Gasteiger partial charge in [0.15, 0.2) is 0 Å². The number of aromatic nitrogens is 2. The number of hydrogen-bond donors (Lipinski definition) is 1. The van der Waals surface area contributed by atoms with Crippen LogP contribution < -0.4 is 5.73 Å².